The molecule has 46 heavy (non-hydrogen) atoms. The summed E-state index contributed by atoms with van der Waals surface area (Å²) in [6.45, 7) is 10.4. The lowest BCUT2D eigenvalue weighted by atomic mass is 10.2. The summed E-state index contributed by atoms with van der Waals surface area (Å²) in [6.07, 6.45) is -0.525. The molecule has 1 aromatic carbocycles. The molecule has 15 nitrogen and oxygen atoms in total. The van der Waals surface area contributed by atoms with E-state index in [2.05, 4.69) is 36.5 Å². The lowest BCUT2D eigenvalue weighted by molar-refractivity contribution is -0.668. The fourth-order valence-electron chi connectivity index (χ4n) is 4.72. The molecule has 4 rings (SSSR count). The number of amides is 3. The molecule has 0 aliphatic carbocycles. The molecular weight excluding hydrogens is 686 g/mol. The number of anilines is 2. The standard InChI is InChI=1S/C28H38ClN9O6.CH3Br/c1-5-37-19-14-17(43-11-8-32-27(41)44-28(2,3)4)6-7-18(19)38(16-21(39)36-9-12-42-13-10-36)20(37)15-33-26(40)22-24(30)35-25(31)23(29)34-22;1-2/h6-7,14H,5,8-13,15-16H2,1-4H3,(H5-,30,31,32,33,35,40,41);1H3/p+1. The molecule has 0 radical (unpaired) electrons. The number of alkyl halides is 1. The smallest absolute Gasteiger partial charge is 0.407 e. The van der Waals surface area contributed by atoms with Crippen LogP contribution in [-0.2, 0) is 33.9 Å². The molecule has 3 aromatic rings. The number of carbonyl (C=O) groups excluding carboxylic acids is 3. The van der Waals surface area contributed by atoms with Crippen molar-refractivity contribution in [1.82, 2.24) is 30.1 Å². The fourth-order valence-corrected chi connectivity index (χ4v) is 4.84. The molecule has 0 spiro atoms. The number of nitrogen functional groups attached to an aromatic ring is 2. The third-order valence-corrected chi connectivity index (χ3v) is 6.97. The Balaban J connectivity index is 0.00000282. The van der Waals surface area contributed by atoms with Gasteiger partial charge in [-0.05, 0) is 45.7 Å². The first kappa shape index (κ1) is 36.6. The number of benzene rings is 1. The van der Waals surface area contributed by atoms with Crippen molar-refractivity contribution in [2.24, 2.45) is 0 Å². The topological polar surface area (TPSA) is 193 Å². The van der Waals surface area contributed by atoms with Crippen LogP contribution >= 0.6 is 27.5 Å². The first-order valence-corrected chi connectivity index (χ1v) is 16.6. The first-order chi connectivity index (χ1) is 21.9. The van der Waals surface area contributed by atoms with Crippen molar-refractivity contribution < 1.29 is 33.2 Å². The Morgan fingerprint density at radius 3 is 2.46 bits per heavy atom. The second-order valence-electron chi connectivity index (χ2n) is 11.0. The lowest BCUT2D eigenvalue weighted by Gasteiger charge is -2.26. The van der Waals surface area contributed by atoms with Crippen LogP contribution in [0.4, 0.5) is 16.4 Å². The number of aryl methyl sites for hydroxylation is 1. The van der Waals surface area contributed by atoms with Gasteiger partial charge in [0.2, 0.25) is 0 Å². The molecule has 1 aliphatic heterocycles. The van der Waals surface area contributed by atoms with Crippen LogP contribution in [0, 0.1) is 0 Å². The van der Waals surface area contributed by atoms with E-state index in [0.717, 1.165) is 11.0 Å². The van der Waals surface area contributed by atoms with Crippen LogP contribution in [0.25, 0.3) is 11.0 Å². The number of nitrogens with zero attached hydrogens (tertiary/aromatic N) is 5. The molecule has 1 aliphatic rings. The maximum Gasteiger partial charge on any atom is 0.407 e. The quantitative estimate of drug-likeness (QED) is 0.137. The highest BCUT2D eigenvalue weighted by Gasteiger charge is 2.29. The molecule has 252 valence electrons. The van der Waals surface area contributed by atoms with Crippen LogP contribution in [-0.4, -0.2) is 88.2 Å². The Hall–Kier alpha value is -3.89. The summed E-state index contributed by atoms with van der Waals surface area (Å²) < 4.78 is 20.4. The van der Waals surface area contributed by atoms with Gasteiger partial charge in [0, 0.05) is 19.2 Å². The highest BCUT2D eigenvalue weighted by atomic mass is 79.9. The number of nitrogens with two attached hydrogens (primary N) is 2. The highest BCUT2D eigenvalue weighted by molar-refractivity contribution is 9.08. The number of morpholine rings is 1. The maximum absolute atomic E-state index is 13.3. The number of alkyl carbamates (subject to hydrolysis) is 1. The van der Waals surface area contributed by atoms with Crippen LogP contribution in [0.5, 0.6) is 5.75 Å². The first-order valence-electron chi connectivity index (χ1n) is 14.6. The van der Waals surface area contributed by atoms with Gasteiger partial charge in [-0.3, -0.25) is 9.59 Å². The van der Waals surface area contributed by atoms with E-state index in [9.17, 15) is 14.4 Å². The van der Waals surface area contributed by atoms with Crippen LogP contribution in [0.2, 0.25) is 5.15 Å². The van der Waals surface area contributed by atoms with Gasteiger partial charge in [-0.1, -0.05) is 27.5 Å². The Morgan fingerprint density at radius 1 is 1.11 bits per heavy atom. The van der Waals surface area contributed by atoms with Gasteiger partial charge >= 0.3 is 6.09 Å². The second kappa shape index (κ2) is 16.6. The second-order valence-corrected chi connectivity index (χ2v) is 11.3. The van der Waals surface area contributed by atoms with E-state index in [1.165, 1.54) is 0 Å². The van der Waals surface area contributed by atoms with Crippen molar-refractivity contribution in [2.75, 3.05) is 56.8 Å². The van der Waals surface area contributed by atoms with Crippen molar-refractivity contribution in [3.8, 4) is 5.75 Å². The van der Waals surface area contributed by atoms with Crippen molar-refractivity contribution in [3.05, 3.63) is 34.9 Å². The van der Waals surface area contributed by atoms with Crippen molar-refractivity contribution in [2.45, 2.75) is 52.9 Å². The van der Waals surface area contributed by atoms with Crippen molar-refractivity contribution >= 4 is 68.1 Å². The monoisotopic (exact) mass is 726 g/mol. The number of halogens is 2. The Labute approximate surface area is 281 Å². The summed E-state index contributed by atoms with van der Waals surface area (Å²) in [5.41, 5.74) is 12.3. The molecule has 17 heteroatoms. The van der Waals surface area contributed by atoms with Crippen LogP contribution < -0.4 is 31.4 Å². The summed E-state index contributed by atoms with van der Waals surface area (Å²) in [5, 5.41) is 5.36. The van der Waals surface area contributed by atoms with Gasteiger partial charge in [0.15, 0.2) is 40.1 Å². The number of ether oxygens (including phenoxy) is 3. The van der Waals surface area contributed by atoms with E-state index in [0.29, 0.717) is 44.4 Å². The SMILES string of the molecule is CBr.CCn1c(CNC(=O)c2nc(Cl)c(N)nc2N)[n+](CC(=O)N2CCOCC2)c2ccc(OCCNC(=O)OC(C)(C)C)cc21. The lowest BCUT2D eigenvalue weighted by Crippen LogP contribution is -2.50. The van der Waals surface area contributed by atoms with E-state index in [-0.39, 0.29) is 54.6 Å². The number of aromatic nitrogens is 4. The van der Waals surface area contributed by atoms with Gasteiger partial charge in [0.1, 0.15) is 24.5 Å². The van der Waals surface area contributed by atoms with E-state index in [1.807, 2.05) is 34.0 Å². The zero-order chi connectivity index (χ0) is 34.0. The van der Waals surface area contributed by atoms with Crippen LogP contribution in [0.3, 0.4) is 0 Å². The summed E-state index contributed by atoms with van der Waals surface area (Å²) in [6, 6.07) is 5.51. The molecule has 1 fully saturated rings. The minimum absolute atomic E-state index is 0.0386. The third kappa shape index (κ3) is 9.56. The van der Waals surface area contributed by atoms with E-state index >= 15 is 0 Å². The summed E-state index contributed by atoms with van der Waals surface area (Å²) in [4.78, 5) is 48.0. The number of imidazole rings is 1. The molecule has 3 amide bonds. The fraction of sp³-hybridized carbons (Fsp3) is 0.517. The summed E-state index contributed by atoms with van der Waals surface area (Å²) in [5.74, 6) is 2.13. The molecule has 0 saturated carbocycles. The number of hydrogen-bond acceptors (Lipinski definition) is 10. The zero-order valence-corrected chi connectivity index (χ0v) is 29.0. The highest BCUT2D eigenvalue weighted by Crippen LogP contribution is 2.22. The number of hydrogen-bond donors (Lipinski definition) is 4. The average molecular weight is 728 g/mol. The third-order valence-electron chi connectivity index (χ3n) is 6.69. The van der Waals surface area contributed by atoms with Gasteiger partial charge in [0.05, 0.1) is 26.3 Å². The minimum atomic E-state index is -0.600. The van der Waals surface area contributed by atoms with E-state index in [1.54, 1.807) is 31.7 Å². The Kier molecular flexibility index (Phi) is 13.2. The molecule has 1 saturated heterocycles. The van der Waals surface area contributed by atoms with Gasteiger partial charge in [-0.25, -0.2) is 23.9 Å². The van der Waals surface area contributed by atoms with Crippen molar-refractivity contribution in [3.63, 3.8) is 0 Å². The predicted octanol–water partition coefficient (Wildman–Crippen LogP) is 2.26. The molecule has 3 heterocycles. The number of fused-ring (bicyclic) bond motifs is 1. The van der Waals surface area contributed by atoms with Crippen LogP contribution in [0.1, 0.15) is 44.0 Å². The molecule has 6 N–H and O–H groups in total. The summed E-state index contributed by atoms with van der Waals surface area (Å²) >= 11 is 8.91. The zero-order valence-electron chi connectivity index (χ0n) is 26.7. The van der Waals surface area contributed by atoms with E-state index < -0.39 is 17.6 Å². The minimum Gasteiger partial charge on any atom is -0.492 e. The maximum atomic E-state index is 13.3. The Bertz CT molecular complexity index is 1540. The molecular formula is C29H42BrClN9O6+. The van der Waals surface area contributed by atoms with Gasteiger partial charge in [0.25, 0.3) is 17.6 Å². The van der Waals surface area contributed by atoms with Gasteiger partial charge in [-0.2, -0.15) is 0 Å². The summed E-state index contributed by atoms with van der Waals surface area (Å²) in [7, 11) is 0. The average Bonchev–Trinajstić information content (AvgIpc) is 3.31. The molecule has 0 unspecified atom stereocenters. The van der Waals surface area contributed by atoms with E-state index in [4.69, 9.17) is 37.3 Å². The predicted molar refractivity (Wildman–Crippen MR) is 177 cm³/mol. The molecule has 2 aromatic heterocycles. The molecule has 0 atom stereocenters. The van der Waals surface area contributed by atoms with Crippen molar-refractivity contribution in [1.29, 1.82) is 0 Å². The number of rotatable bonds is 10. The van der Waals surface area contributed by atoms with Crippen LogP contribution in [0.15, 0.2) is 18.2 Å². The number of carbonyl (C=O) groups is 3. The largest absolute Gasteiger partial charge is 0.492 e. The van der Waals surface area contributed by atoms with Gasteiger partial charge in [-0.15, -0.1) is 0 Å². The van der Waals surface area contributed by atoms with Gasteiger partial charge < -0.3 is 41.2 Å². The Morgan fingerprint density at radius 2 is 1.80 bits per heavy atom. The normalized spacial score (nSPS) is 13.1. The number of nitrogens with one attached hydrogen (secondary N) is 2. The molecule has 0 bridgehead atoms.